The first kappa shape index (κ1) is 20.4. The number of aryl methyl sites for hydroxylation is 1. The van der Waals surface area contributed by atoms with Crippen LogP contribution in [0.15, 0.2) is 48.5 Å². The highest BCUT2D eigenvalue weighted by atomic mass is 35.5. The predicted molar refractivity (Wildman–Crippen MR) is 120 cm³/mol. The van der Waals surface area contributed by atoms with Crippen LogP contribution in [0.1, 0.15) is 53.6 Å². The molecule has 2 fully saturated rings. The van der Waals surface area contributed by atoms with E-state index in [1.54, 1.807) is 0 Å². The average molecular weight is 411 g/mol. The van der Waals surface area contributed by atoms with Crippen LogP contribution in [0.4, 0.5) is 0 Å². The molecule has 0 unspecified atom stereocenters. The normalized spacial score (nSPS) is 23.2. The quantitative estimate of drug-likeness (QED) is 0.729. The van der Waals surface area contributed by atoms with Gasteiger partial charge in [0.1, 0.15) is 0 Å². The number of nitrogens with zero attached hydrogens (tertiary/aromatic N) is 1. The van der Waals surface area contributed by atoms with Crippen LogP contribution in [0.25, 0.3) is 0 Å². The van der Waals surface area contributed by atoms with Gasteiger partial charge in [-0.3, -0.25) is 9.69 Å². The smallest absolute Gasteiger partial charge is 0.251 e. The van der Waals surface area contributed by atoms with Gasteiger partial charge >= 0.3 is 0 Å². The monoisotopic (exact) mass is 410 g/mol. The number of hydrogen-bond donors (Lipinski definition) is 1. The Balaban J connectivity index is 1.31. The maximum atomic E-state index is 12.8. The van der Waals surface area contributed by atoms with Crippen molar-refractivity contribution in [1.29, 1.82) is 0 Å². The minimum atomic E-state index is 0.0811. The Kier molecular flexibility index (Phi) is 6.56. The summed E-state index contributed by atoms with van der Waals surface area (Å²) in [4.78, 5) is 15.4. The summed E-state index contributed by atoms with van der Waals surface area (Å²) in [5, 5.41) is 4.16. The van der Waals surface area contributed by atoms with Gasteiger partial charge in [0.25, 0.3) is 5.91 Å². The van der Waals surface area contributed by atoms with E-state index in [1.165, 1.54) is 31.2 Å². The number of likely N-dealkylation sites (tertiary alicyclic amines) is 1. The number of piperidine rings is 1. The van der Waals surface area contributed by atoms with E-state index in [1.807, 2.05) is 43.3 Å². The SMILES string of the molecule is Cc1ccccc1C(=O)N[C@@H]1CCC[C@H]1N1CCC(Cc2ccc(Cl)cc2)CC1. The molecular weight excluding hydrogens is 380 g/mol. The highest BCUT2D eigenvalue weighted by Crippen LogP contribution is 2.30. The lowest BCUT2D eigenvalue weighted by Gasteiger charge is -2.38. The third-order valence-electron chi connectivity index (χ3n) is 6.74. The van der Waals surface area contributed by atoms with E-state index in [2.05, 4.69) is 22.3 Å². The molecular formula is C25H31ClN2O. The van der Waals surface area contributed by atoms with Crippen molar-refractivity contribution < 1.29 is 4.79 Å². The van der Waals surface area contributed by atoms with Crippen molar-refractivity contribution in [1.82, 2.24) is 10.2 Å². The summed E-state index contributed by atoms with van der Waals surface area (Å²) in [6, 6.07) is 16.9. The fourth-order valence-corrected chi connectivity index (χ4v) is 5.19. The van der Waals surface area contributed by atoms with Gasteiger partial charge in [-0.1, -0.05) is 41.9 Å². The first-order chi connectivity index (χ1) is 14.1. The molecule has 0 radical (unpaired) electrons. The minimum Gasteiger partial charge on any atom is -0.348 e. The van der Waals surface area contributed by atoms with Crippen LogP contribution in [0.3, 0.4) is 0 Å². The largest absolute Gasteiger partial charge is 0.348 e. The first-order valence-electron chi connectivity index (χ1n) is 10.9. The van der Waals surface area contributed by atoms with Gasteiger partial charge in [0.05, 0.1) is 0 Å². The molecule has 4 rings (SSSR count). The lowest BCUT2D eigenvalue weighted by molar-refractivity contribution is 0.0861. The number of hydrogen-bond acceptors (Lipinski definition) is 2. The maximum Gasteiger partial charge on any atom is 0.251 e. The molecule has 1 N–H and O–H groups in total. The minimum absolute atomic E-state index is 0.0811. The number of rotatable bonds is 5. The second-order valence-electron chi connectivity index (χ2n) is 8.70. The number of carbonyl (C=O) groups is 1. The molecule has 1 heterocycles. The van der Waals surface area contributed by atoms with E-state index in [0.717, 1.165) is 48.0 Å². The predicted octanol–water partition coefficient (Wildman–Crippen LogP) is 5.25. The van der Waals surface area contributed by atoms with Gasteiger partial charge in [0.2, 0.25) is 0 Å². The number of benzene rings is 2. The highest BCUT2D eigenvalue weighted by Gasteiger charge is 2.35. The maximum absolute atomic E-state index is 12.8. The Morgan fingerprint density at radius 3 is 2.48 bits per heavy atom. The lowest BCUT2D eigenvalue weighted by atomic mass is 9.89. The molecule has 2 aromatic rings. The molecule has 1 saturated heterocycles. The molecule has 2 atom stereocenters. The Hall–Kier alpha value is -1.84. The van der Waals surface area contributed by atoms with Crippen LogP contribution in [0, 0.1) is 12.8 Å². The van der Waals surface area contributed by atoms with Crippen molar-refractivity contribution in [3.63, 3.8) is 0 Å². The molecule has 1 amide bonds. The Morgan fingerprint density at radius 2 is 1.76 bits per heavy atom. The summed E-state index contributed by atoms with van der Waals surface area (Å²) < 4.78 is 0. The Bertz CT molecular complexity index is 827. The molecule has 0 aromatic heterocycles. The lowest BCUT2D eigenvalue weighted by Crippen LogP contribution is -2.51. The molecule has 2 aliphatic rings. The van der Waals surface area contributed by atoms with Gasteiger partial charge in [-0.15, -0.1) is 0 Å². The molecule has 1 aliphatic heterocycles. The van der Waals surface area contributed by atoms with Gasteiger partial charge in [-0.2, -0.15) is 0 Å². The second-order valence-corrected chi connectivity index (χ2v) is 9.14. The second kappa shape index (κ2) is 9.32. The molecule has 29 heavy (non-hydrogen) atoms. The van der Waals surface area contributed by atoms with Crippen LogP contribution in [-0.4, -0.2) is 36.0 Å². The van der Waals surface area contributed by atoms with Crippen LogP contribution >= 0.6 is 11.6 Å². The van der Waals surface area contributed by atoms with Crippen LogP contribution in [-0.2, 0) is 6.42 Å². The van der Waals surface area contributed by atoms with Gasteiger partial charge < -0.3 is 5.32 Å². The van der Waals surface area contributed by atoms with E-state index >= 15 is 0 Å². The summed E-state index contributed by atoms with van der Waals surface area (Å²) >= 11 is 6.01. The average Bonchev–Trinajstić information content (AvgIpc) is 3.18. The van der Waals surface area contributed by atoms with E-state index < -0.39 is 0 Å². The van der Waals surface area contributed by atoms with Crippen LogP contribution in [0.5, 0.6) is 0 Å². The molecule has 0 spiro atoms. The Morgan fingerprint density at radius 1 is 1.03 bits per heavy atom. The zero-order chi connectivity index (χ0) is 20.2. The summed E-state index contributed by atoms with van der Waals surface area (Å²) in [5.41, 5.74) is 3.24. The summed E-state index contributed by atoms with van der Waals surface area (Å²) in [6.07, 6.45) is 7.10. The van der Waals surface area contributed by atoms with E-state index in [9.17, 15) is 4.79 Å². The summed E-state index contributed by atoms with van der Waals surface area (Å²) in [6.45, 7) is 4.28. The third kappa shape index (κ3) is 5.02. The van der Waals surface area contributed by atoms with Gasteiger partial charge in [-0.05, 0) is 93.8 Å². The fraction of sp³-hybridized carbons (Fsp3) is 0.480. The van der Waals surface area contributed by atoms with Crippen molar-refractivity contribution in [3.05, 3.63) is 70.2 Å². The molecule has 3 nitrogen and oxygen atoms in total. The zero-order valence-electron chi connectivity index (χ0n) is 17.2. The van der Waals surface area contributed by atoms with Crippen molar-refractivity contribution in [3.8, 4) is 0 Å². The van der Waals surface area contributed by atoms with Gasteiger partial charge in [0.15, 0.2) is 0 Å². The number of carbonyl (C=O) groups excluding carboxylic acids is 1. The number of halogens is 1. The van der Waals surface area contributed by atoms with E-state index in [0.29, 0.717) is 6.04 Å². The fourth-order valence-electron chi connectivity index (χ4n) is 5.06. The third-order valence-corrected chi connectivity index (χ3v) is 6.99. The van der Waals surface area contributed by atoms with Crippen molar-refractivity contribution >= 4 is 17.5 Å². The van der Waals surface area contributed by atoms with Crippen LogP contribution < -0.4 is 5.32 Å². The van der Waals surface area contributed by atoms with E-state index in [4.69, 9.17) is 11.6 Å². The Labute approximate surface area is 179 Å². The molecule has 1 saturated carbocycles. The topological polar surface area (TPSA) is 32.3 Å². The first-order valence-corrected chi connectivity index (χ1v) is 11.3. The van der Waals surface area contributed by atoms with Crippen molar-refractivity contribution in [2.75, 3.05) is 13.1 Å². The van der Waals surface area contributed by atoms with Gasteiger partial charge in [0, 0.05) is 22.7 Å². The summed E-state index contributed by atoms with van der Waals surface area (Å²) in [5.74, 6) is 0.825. The van der Waals surface area contributed by atoms with E-state index in [-0.39, 0.29) is 11.9 Å². The summed E-state index contributed by atoms with van der Waals surface area (Å²) in [7, 11) is 0. The van der Waals surface area contributed by atoms with Crippen molar-refractivity contribution in [2.24, 2.45) is 5.92 Å². The zero-order valence-corrected chi connectivity index (χ0v) is 18.0. The van der Waals surface area contributed by atoms with Gasteiger partial charge in [-0.25, -0.2) is 0 Å². The number of amides is 1. The molecule has 4 heteroatoms. The van der Waals surface area contributed by atoms with Crippen molar-refractivity contribution in [2.45, 2.75) is 57.5 Å². The molecule has 1 aliphatic carbocycles. The highest BCUT2D eigenvalue weighted by molar-refractivity contribution is 6.30. The standard InChI is InChI=1S/C25H31ClN2O/c1-18-5-2-3-6-22(18)25(29)27-23-7-4-8-24(23)28-15-13-20(14-16-28)17-19-9-11-21(26)12-10-19/h2-3,5-6,9-12,20,23-24H,4,7-8,13-17H2,1H3,(H,27,29)/t23-,24-/m1/s1. The molecule has 0 bridgehead atoms. The molecule has 2 aromatic carbocycles. The van der Waals surface area contributed by atoms with Crippen LogP contribution in [0.2, 0.25) is 5.02 Å². The number of nitrogens with one attached hydrogen (secondary N) is 1. The molecule has 154 valence electrons.